The number of benzene rings is 1. The van der Waals surface area contributed by atoms with Gasteiger partial charge in [0.05, 0.1) is 12.4 Å². The highest BCUT2D eigenvalue weighted by Crippen LogP contribution is 2.26. The summed E-state index contributed by atoms with van der Waals surface area (Å²) in [6, 6.07) is 8.12. The molecule has 1 fully saturated rings. The minimum Gasteiger partial charge on any atom is -0.466 e. The van der Waals surface area contributed by atoms with Gasteiger partial charge in [-0.05, 0) is 43.9 Å². The summed E-state index contributed by atoms with van der Waals surface area (Å²) in [5.74, 6) is -0.106. The van der Waals surface area contributed by atoms with Crippen LogP contribution in [0.3, 0.4) is 0 Å². The Kier molecular flexibility index (Phi) is 7.71. The summed E-state index contributed by atoms with van der Waals surface area (Å²) in [7, 11) is -3.35. The molecule has 1 saturated heterocycles. The third kappa shape index (κ3) is 6.95. The van der Waals surface area contributed by atoms with E-state index in [0.717, 1.165) is 29.7 Å². The third-order valence-corrected chi connectivity index (χ3v) is 6.08. The lowest BCUT2D eigenvalue weighted by molar-refractivity contribution is -0.143. The Hall–Kier alpha value is -1.12. The lowest BCUT2D eigenvalue weighted by Gasteiger charge is -2.19. The van der Waals surface area contributed by atoms with Gasteiger partial charge in [0, 0.05) is 36.2 Å². The zero-order valence-corrected chi connectivity index (χ0v) is 16.8. The van der Waals surface area contributed by atoms with E-state index in [1.807, 2.05) is 12.1 Å². The Labute approximate surface area is 158 Å². The normalized spacial score (nSPS) is 17.7. The van der Waals surface area contributed by atoms with E-state index in [4.69, 9.17) is 4.74 Å². The number of nitrogens with zero attached hydrogens (tertiary/aromatic N) is 1. The molecule has 1 aliphatic rings. The highest BCUT2D eigenvalue weighted by Gasteiger charge is 2.24. The van der Waals surface area contributed by atoms with Crippen molar-refractivity contribution in [2.45, 2.75) is 26.2 Å². The number of halogens is 1. The fourth-order valence-corrected chi connectivity index (χ4v) is 4.41. The highest BCUT2D eigenvalue weighted by atomic mass is 79.9. The number of hydrogen-bond donors (Lipinski definition) is 1. The number of carbonyl (C=O) groups excluding carboxylic acids is 1. The van der Waals surface area contributed by atoms with Crippen LogP contribution < -0.4 is 9.62 Å². The molecule has 1 aliphatic heterocycles. The van der Waals surface area contributed by atoms with E-state index in [1.54, 1.807) is 6.92 Å². The number of hydrogen-bond acceptors (Lipinski definition) is 5. The second kappa shape index (κ2) is 9.54. The highest BCUT2D eigenvalue weighted by molar-refractivity contribution is 9.10. The van der Waals surface area contributed by atoms with Gasteiger partial charge < -0.3 is 9.64 Å². The predicted molar refractivity (Wildman–Crippen MR) is 102 cm³/mol. The van der Waals surface area contributed by atoms with Crippen molar-refractivity contribution in [1.82, 2.24) is 4.72 Å². The summed E-state index contributed by atoms with van der Waals surface area (Å²) >= 11 is 3.47. The van der Waals surface area contributed by atoms with Gasteiger partial charge in [0.15, 0.2) is 0 Å². The van der Waals surface area contributed by atoms with Crippen molar-refractivity contribution in [3.05, 3.63) is 28.7 Å². The Morgan fingerprint density at radius 3 is 2.96 bits per heavy atom. The van der Waals surface area contributed by atoms with Crippen LogP contribution in [0.1, 0.15) is 26.2 Å². The first-order chi connectivity index (χ1) is 11.9. The van der Waals surface area contributed by atoms with Gasteiger partial charge in [-0.2, -0.15) is 0 Å². The van der Waals surface area contributed by atoms with E-state index < -0.39 is 10.0 Å². The third-order valence-electron chi connectivity index (χ3n) is 4.15. The second-order valence-electron chi connectivity index (χ2n) is 6.16. The largest absolute Gasteiger partial charge is 0.466 e. The van der Waals surface area contributed by atoms with Gasteiger partial charge in [0.25, 0.3) is 0 Å². The van der Waals surface area contributed by atoms with Crippen LogP contribution in [-0.2, 0) is 19.6 Å². The van der Waals surface area contributed by atoms with Crippen LogP contribution in [0.4, 0.5) is 5.69 Å². The molecule has 1 heterocycles. The summed E-state index contributed by atoms with van der Waals surface area (Å²) in [6.45, 7) is 4.25. The minimum atomic E-state index is -3.35. The number of esters is 1. The standard InChI is InChI=1S/C17H25BrN2O4S/c1-2-24-17(21)7-4-10-25(22,23)19-12-14-8-9-20(13-14)16-6-3-5-15(18)11-16/h3,5-6,11,14,19H,2,4,7-10,12-13H2,1H3. The van der Waals surface area contributed by atoms with Crippen LogP contribution >= 0.6 is 15.9 Å². The molecule has 8 heteroatoms. The average molecular weight is 433 g/mol. The topological polar surface area (TPSA) is 75.7 Å². The number of sulfonamides is 1. The summed E-state index contributed by atoms with van der Waals surface area (Å²) < 4.78 is 32.6. The van der Waals surface area contributed by atoms with Gasteiger partial charge in [-0.15, -0.1) is 0 Å². The Bertz CT molecular complexity index is 681. The van der Waals surface area contributed by atoms with Crippen molar-refractivity contribution in [3.63, 3.8) is 0 Å². The maximum Gasteiger partial charge on any atom is 0.305 e. The van der Waals surface area contributed by atoms with Crippen LogP contribution in [0.15, 0.2) is 28.7 Å². The molecule has 0 amide bonds. The van der Waals surface area contributed by atoms with Gasteiger partial charge in [0.1, 0.15) is 0 Å². The Morgan fingerprint density at radius 1 is 1.44 bits per heavy atom. The lowest BCUT2D eigenvalue weighted by Crippen LogP contribution is -2.32. The fourth-order valence-electron chi connectivity index (χ4n) is 2.86. The summed E-state index contributed by atoms with van der Waals surface area (Å²) in [5.41, 5.74) is 1.15. The molecule has 0 aliphatic carbocycles. The van der Waals surface area contributed by atoms with Crippen molar-refractivity contribution in [3.8, 4) is 0 Å². The monoisotopic (exact) mass is 432 g/mol. The molecular weight excluding hydrogens is 408 g/mol. The molecule has 140 valence electrons. The fraction of sp³-hybridized carbons (Fsp3) is 0.588. The van der Waals surface area contributed by atoms with E-state index in [1.165, 1.54) is 0 Å². The molecule has 6 nitrogen and oxygen atoms in total. The first-order valence-corrected chi connectivity index (χ1v) is 11.0. The number of anilines is 1. The van der Waals surface area contributed by atoms with Crippen molar-refractivity contribution in [2.24, 2.45) is 5.92 Å². The molecular formula is C17H25BrN2O4S. The van der Waals surface area contributed by atoms with Crippen LogP contribution in [0, 0.1) is 5.92 Å². The molecule has 1 aromatic carbocycles. The smallest absolute Gasteiger partial charge is 0.305 e. The van der Waals surface area contributed by atoms with Gasteiger partial charge in [0.2, 0.25) is 10.0 Å². The molecule has 1 aromatic rings. The number of nitrogens with one attached hydrogen (secondary N) is 1. The molecule has 0 aromatic heterocycles. The van der Waals surface area contributed by atoms with Gasteiger partial charge >= 0.3 is 5.97 Å². The zero-order chi connectivity index (χ0) is 18.3. The van der Waals surface area contributed by atoms with Crippen molar-refractivity contribution in [2.75, 3.05) is 36.9 Å². The average Bonchev–Trinajstić information content (AvgIpc) is 3.02. The molecule has 0 spiro atoms. The molecule has 1 N–H and O–H groups in total. The van der Waals surface area contributed by atoms with Crippen LogP contribution in [-0.4, -0.2) is 46.4 Å². The first kappa shape index (κ1) is 20.2. The minimum absolute atomic E-state index is 0.0477. The van der Waals surface area contributed by atoms with Gasteiger partial charge in [-0.25, -0.2) is 13.1 Å². The molecule has 1 unspecified atom stereocenters. The maximum absolute atomic E-state index is 12.0. The molecule has 0 bridgehead atoms. The van der Waals surface area contributed by atoms with E-state index in [2.05, 4.69) is 37.7 Å². The summed E-state index contributed by atoms with van der Waals surface area (Å²) in [4.78, 5) is 13.5. The zero-order valence-electron chi connectivity index (χ0n) is 14.4. The Morgan fingerprint density at radius 2 is 2.24 bits per heavy atom. The van der Waals surface area contributed by atoms with E-state index >= 15 is 0 Å². The van der Waals surface area contributed by atoms with Crippen molar-refractivity contribution < 1.29 is 17.9 Å². The van der Waals surface area contributed by atoms with Crippen LogP contribution in [0.2, 0.25) is 0 Å². The van der Waals surface area contributed by atoms with Crippen LogP contribution in [0.25, 0.3) is 0 Å². The van der Waals surface area contributed by atoms with Gasteiger partial charge in [-0.1, -0.05) is 22.0 Å². The van der Waals surface area contributed by atoms with Crippen LogP contribution in [0.5, 0.6) is 0 Å². The second-order valence-corrected chi connectivity index (χ2v) is 9.00. The SMILES string of the molecule is CCOC(=O)CCCS(=O)(=O)NCC1CCN(c2cccc(Br)c2)C1. The van der Waals surface area contributed by atoms with Crippen molar-refractivity contribution in [1.29, 1.82) is 0 Å². The quantitative estimate of drug-likeness (QED) is 0.606. The lowest BCUT2D eigenvalue weighted by atomic mass is 10.1. The molecule has 2 rings (SSSR count). The van der Waals surface area contributed by atoms with E-state index in [9.17, 15) is 13.2 Å². The summed E-state index contributed by atoms with van der Waals surface area (Å²) in [5, 5.41) is 0. The maximum atomic E-state index is 12.0. The number of ether oxygens (including phenoxy) is 1. The van der Waals surface area contributed by atoms with Crippen molar-refractivity contribution >= 4 is 37.6 Å². The molecule has 0 radical (unpaired) electrons. The molecule has 1 atom stereocenters. The summed E-state index contributed by atoms with van der Waals surface area (Å²) in [6.07, 6.45) is 1.37. The van der Waals surface area contributed by atoms with E-state index in [0.29, 0.717) is 19.1 Å². The van der Waals surface area contributed by atoms with Gasteiger partial charge in [-0.3, -0.25) is 4.79 Å². The number of rotatable bonds is 9. The Balaban J connectivity index is 1.73. The van der Waals surface area contributed by atoms with E-state index in [-0.39, 0.29) is 24.6 Å². The number of carbonyl (C=O) groups is 1. The molecule has 25 heavy (non-hydrogen) atoms. The predicted octanol–water partition coefficient (Wildman–Crippen LogP) is 2.54. The molecule has 0 saturated carbocycles. The first-order valence-electron chi connectivity index (χ1n) is 8.53.